The summed E-state index contributed by atoms with van der Waals surface area (Å²) in [4.78, 5) is 12.3. The van der Waals surface area contributed by atoms with Crippen LogP contribution in [0.5, 0.6) is 17.2 Å². The minimum Gasteiger partial charge on any atom is -0.496 e. The molecule has 0 atom stereocenters. The van der Waals surface area contributed by atoms with Crippen molar-refractivity contribution in [1.82, 2.24) is 0 Å². The van der Waals surface area contributed by atoms with Gasteiger partial charge in [-0.3, -0.25) is 4.74 Å². The highest BCUT2D eigenvalue weighted by Crippen LogP contribution is 2.42. The van der Waals surface area contributed by atoms with E-state index in [1.54, 1.807) is 40.4 Å². The van der Waals surface area contributed by atoms with E-state index in [-0.39, 0.29) is 12.3 Å². The van der Waals surface area contributed by atoms with E-state index < -0.39 is 13.0 Å². The van der Waals surface area contributed by atoms with Crippen LogP contribution in [0.3, 0.4) is 0 Å². The van der Waals surface area contributed by atoms with Crippen LogP contribution >= 0.6 is 7.05 Å². The van der Waals surface area contributed by atoms with Gasteiger partial charge in [-0.2, -0.15) is 0 Å². The molecule has 0 bridgehead atoms. The number of hydrogen-bond acceptors (Lipinski definition) is 6. The summed E-state index contributed by atoms with van der Waals surface area (Å²) in [5.74, 6) is 1.30. The van der Waals surface area contributed by atoms with Gasteiger partial charge in [-0.25, -0.2) is 4.79 Å². The Kier molecular flexibility index (Phi) is 7.56. The SMILES string of the molecule is CCOC(=O)/C(=C/c1cc(OC)c(OC)c(C)c1OC)N=P(C)(C)C. The van der Waals surface area contributed by atoms with Gasteiger partial charge < -0.3 is 18.9 Å². The normalized spacial score (nSPS) is 11.8. The molecular formula is C18H28NO5P. The van der Waals surface area contributed by atoms with Crippen LogP contribution in [-0.2, 0) is 9.53 Å². The lowest BCUT2D eigenvalue weighted by Crippen LogP contribution is -2.06. The van der Waals surface area contributed by atoms with Crippen molar-refractivity contribution in [3.8, 4) is 17.2 Å². The second kappa shape index (κ2) is 8.95. The fourth-order valence-electron chi connectivity index (χ4n) is 2.36. The molecular weight excluding hydrogens is 341 g/mol. The van der Waals surface area contributed by atoms with Gasteiger partial charge in [0.15, 0.2) is 11.5 Å². The molecule has 1 aromatic rings. The Hall–Kier alpha value is -1.94. The van der Waals surface area contributed by atoms with Crippen LogP contribution in [0.1, 0.15) is 18.1 Å². The highest BCUT2D eigenvalue weighted by atomic mass is 31.2. The zero-order valence-corrected chi connectivity index (χ0v) is 17.2. The summed E-state index contributed by atoms with van der Waals surface area (Å²) in [7, 11) is 3.11. The molecule has 0 amide bonds. The highest BCUT2D eigenvalue weighted by Gasteiger charge is 2.19. The van der Waals surface area contributed by atoms with Crippen molar-refractivity contribution < 1.29 is 23.7 Å². The number of carbonyl (C=O) groups is 1. The van der Waals surface area contributed by atoms with Crippen molar-refractivity contribution in [1.29, 1.82) is 0 Å². The molecule has 25 heavy (non-hydrogen) atoms. The summed E-state index contributed by atoms with van der Waals surface area (Å²) in [5, 5.41) is 0. The summed E-state index contributed by atoms with van der Waals surface area (Å²) >= 11 is 0. The first kappa shape index (κ1) is 21.1. The number of ether oxygens (including phenoxy) is 4. The third-order valence-corrected chi connectivity index (χ3v) is 4.08. The second-order valence-corrected chi connectivity index (χ2v) is 10.2. The minimum absolute atomic E-state index is 0.271. The third-order valence-electron chi connectivity index (χ3n) is 3.27. The first-order chi connectivity index (χ1) is 11.7. The minimum atomic E-state index is -1.60. The molecule has 0 fully saturated rings. The lowest BCUT2D eigenvalue weighted by atomic mass is 10.1. The molecule has 0 saturated carbocycles. The van der Waals surface area contributed by atoms with Gasteiger partial charge in [0.1, 0.15) is 11.4 Å². The lowest BCUT2D eigenvalue weighted by molar-refractivity contribution is -0.138. The summed E-state index contributed by atoms with van der Waals surface area (Å²) in [6.45, 7) is 10.0. The molecule has 6 nitrogen and oxygen atoms in total. The number of carbonyl (C=O) groups excluding carboxylic acids is 1. The maximum atomic E-state index is 12.3. The number of hydrogen-bond donors (Lipinski definition) is 0. The molecule has 0 aliphatic carbocycles. The largest absolute Gasteiger partial charge is 0.496 e. The zero-order valence-electron chi connectivity index (χ0n) is 16.3. The molecule has 0 aliphatic heterocycles. The standard InChI is InChI=1S/C18H28NO5P/c1-9-24-18(20)14(19-25(6,7)8)10-13-11-15(21-3)17(23-5)12(2)16(13)22-4/h10-11H,9H2,1-8H3/b14-10-. The fourth-order valence-corrected chi connectivity index (χ4v) is 3.15. The lowest BCUT2D eigenvalue weighted by Gasteiger charge is -2.17. The van der Waals surface area contributed by atoms with Crippen molar-refractivity contribution in [3.05, 3.63) is 22.9 Å². The zero-order chi connectivity index (χ0) is 19.2. The van der Waals surface area contributed by atoms with E-state index in [2.05, 4.69) is 4.74 Å². The van der Waals surface area contributed by atoms with Crippen molar-refractivity contribution in [3.63, 3.8) is 0 Å². The van der Waals surface area contributed by atoms with Gasteiger partial charge in [0.05, 0.1) is 27.9 Å². The number of nitrogens with zero attached hydrogens (tertiary/aromatic N) is 1. The van der Waals surface area contributed by atoms with E-state index in [9.17, 15) is 4.79 Å². The Balaban J connectivity index is 3.66. The fraction of sp³-hybridized carbons (Fsp3) is 0.500. The quantitative estimate of drug-likeness (QED) is 0.413. The number of methoxy groups -OCH3 is 3. The molecule has 0 N–H and O–H groups in total. The van der Waals surface area contributed by atoms with Crippen LogP contribution in [0.4, 0.5) is 0 Å². The Labute approximate surface area is 150 Å². The van der Waals surface area contributed by atoms with Crippen molar-refractivity contribution in [2.24, 2.45) is 4.74 Å². The molecule has 0 radical (unpaired) electrons. The van der Waals surface area contributed by atoms with Crippen LogP contribution in [0.15, 0.2) is 16.5 Å². The summed E-state index contributed by atoms with van der Waals surface area (Å²) in [6, 6.07) is 1.76. The highest BCUT2D eigenvalue weighted by molar-refractivity contribution is 7.64. The molecule has 0 heterocycles. The summed E-state index contributed by atoms with van der Waals surface area (Å²) in [5.41, 5.74) is 1.73. The Bertz CT molecular complexity index is 710. The van der Waals surface area contributed by atoms with E-state index in [1.807, 2.05) is 26.9 Å². The van der Waals surface area contributed by atoms with Crippen molar-refractivity contribution in [2.75, 3.05) is 47.9 Å². The predicted molar refractivity (Wildman–Crippen MR) is 103 cm³/mol. The van der Waals surface area contributed by atoms with E-state index >= 15 is 0 Å². The van der Waals surface area contributed by atoms with Gasteiger partial charge >= 0.3 is 5.97 Å². The smallest absolute Gasteiger partial charge is 0.356 e. The molecule has 0 unspecified atom stereocenters. The average Bonchev–Trinajstić information content (AvgIpc) is 2.52. The Morgan fingerprint density at radius 1 is 1.12 bits per heavy atom. The molecule has 0 aliphatic rings. The van der Waals surface area contributed by atoms with E-state index in [0.29, 0.717) is 22.8 Å². The maximum Gasteiger partial charge on any atom is 0.356 e. The number of esters is 1. The molecule has 0 saturated heterocycles. The van der Waals surface area contributed by atoms with Gasteiger partial charge in [0.25, 0.3) is 0 Å². The van der Waals surface area contributed by atoms with Gasteiger partial charge in [-0.1, -0.05) is 0 Å². The molecule has 0 aromatic heterocycles. The maximum absolute atomic E-state index is 12.3. The topological polar surface area (TPSA) is 66.4 Å². The van der Waals surface area contributed by atoms with Gasteiger partial charge in [0, 0.05) is 11.1 Å². The van der Waals surface area contributed by atoms with Crippen LogP contribution in [0, 0.1) is 6.92 Å². The number of rotatable bonds is 7. The van der Waals surface area contributed by atoms with Crippen LogP contribution in [0.25, 0.3) is 6.08 Å². The van der Waals surface area contributed by atoms with E-state index in [4.69, 9.17) is 18.9 Å². The first-order valence-corrected chi connectivity index (χ1v) is 11.0. The van der Waals surface area contributed by atoms with Crippen molar-refractivity contribution >= 4 is 19.1 Å². The third kappa shape index (κ3) is 5.53. The predicted octanol–water partition coefficient (Wildman–Crippen LogP) is 4.02. The summed E-state index contributed by atoms with van der Waals surface area (Å²) < 4.78 is 26.1. The second-order valence-electron chi connectivity index (χ2n) is 6.15. The van der Waals surface area contributed by atoms with Crippen LogP contribution in [-0.4, -0.2) is 53.9 Å². The van der Waals surface area contributed by atoms with Gasteiger partial charge in [0.2, 0.25) is 0 Å². The first-order valence-electron chi connectivity index (χ1n) is 7.91. The molecule has 140 valence electrons. The van der Waals surface area contributed by atoms with Crippen molar-refractivity contribution in [2.45, 2.75) is 13.8 Å². The molecule has 7 heteroatoms. The molecule has 1 aromatic carbocycles. The van der Waals surface area contributed by atoms with Crippen LogP contribution in [0.2, 0.25) is 0 Å². The molecule has 1 rings (SSSR count). The molecule has 0 spiro atoms. The van der Waals surface area contributed by atoms with E-state index in [0.717, 1.165) is 5.56 Å². The van der Waals surface area contributed by atoms with Crippen LogP contribution < -0.4 is 14.2 Å². The average molecular weight is 369 g/mol. The number of benzene rings is 1. The van der Waals surface area contributed by atoms with Gasteiger partial charge in [-0.05, 0) is 53.0 Å². The summed E-state index contributed by atoms with van der Waals surface area (Å²) in [6.07, 6.45) is 1.68. The Morgan fingerprint density at radius 3 is 2.16 bits per heavy atom. The Morgan fingerprint density at radius 2 is 1.72 bits per heavy atom. The van der Waals surface area contributed by atoms with Gasteiger partial charge in [-0.15, -0.1) is 0 Å². The monoisotopic (exact) mass is 369 g/mol. The van der Waals surface area contributed by atoms with E-state index in [1.165, 1.54) is 0 Å².